The molecule has 0 unspecified atom stereocenters. The first-order chi connectivity index (χ1) is 15.0. The normalized spacial score (nSPS) is 19.0. The van der Waals surface area contributed by atoms with Crippen molar-refractivity contribution in [2.45, 2.75) is 45.4 Å². The van der Waals surface area contributed by atoms with Gasteiger partial charge in [-0.15, -0.1) is 11.3 Å². The molecule has 1 saturated heterocycles. The molecule has 0 radical (unpaired) electrons. The lowest BCUT2D eigenvalue weighted by atomic mass is 9.85. The second-order valence-corrected chi connectivity index (χ2v) is 9.65. The van der Waals surface area contributed by atoms with Crippen LogP contribution in [0, 0.1) is 19.8 Å². The van der Waals surface area contributed by atoms with E-state index in [1.54, 1.807) is 4.90 Å². The van der Waals surface area contributed by atoms with Crippen LogP contribution in [0.25, 0.3) is 10.7 Å². The maximum absolute atomic E-state index is 12.9. The SMILES string of the molecule is Cc1ccc(N2C[C@@H](C(=O)Nc3cc(-c4noc(C5CCC5)n4)sc3C)CC2=O)cc1. The standard InChI is InChI=1S/C23H24N4O3S/c1-13-6-8-17(9-7-13)27-12-16(10-20(27)28)22(29)24-18-11-19(31-14(18)2)21-25-23(30-26-21)15-4-3-5-15/h6-9,11,15-16H,3-5,10,12H2,1-2H3,(H,24,29)/t16-/m0/s1. The van der Waals surface area contributed by atoms with Gasteiger partial charge in [0.05, 0.1) is 16.5 Å². The third-order valence-corrected chi connectivity index (χ3v) is 7.18. The number of hydrogen-bond acceptors (Lipinski definition) is 6. The summed E-state index contributed by atoms with van der Waals surface area (Å²) >= 11 is 1.52. The molecule has 7 nitrogen and oxygen atoms in total. The fourth-order valence-electron chi connectivity index (χ4n) is 3.96. The summed E-state index contributed by atoms with van der Waals surface area (Å²) in [6.45, 7) is 4.35. The molecule has 1 saturated carbocycles. The quantitative estimate of drug-likeness (QED) is 0.628. The fourth-order valence-corrected chi connectivity index (χ4v) is 4.87. The van der Waals surface area contributed by atoms with E-state index < -0.39 is 0 Å². The smallest absolute Gasteiger partial charge is 0.230 e. The van der Waals surface area contributed by atoms with Gasteiger partial charge in [0, 0.05) is 29.4 Å². The van der Waals surface area contributed by atoms with E-state index in [1.807, 2.05) is 44.2 Å². The molecule has 0 bridgehead atoms. The van der Waals surface area contributed by atoms with E-state index >= 15 is 0 Å². The van der Waals surface area contributed by atoms with Crippen molar-refractivity contribution in [2.24, 2.45) is 5.92 Å². The summed E-state index contributed by atoms with van der Waals surface area (Å²) in [7, 11) is 0. The van der Waals surface area contributed by atoms with Gasteiger partial charge in [-0.05, 0) is 44.9 Å². The number of amides is 2. The van der Waals surface area contributed by atoms with E-state index in [1.165, 1.54) is 17.8 Å². The van der Waals surface area contributed by atoms with E-state index in [-0.39, 0.29) is 24.2 Å². The van der Waals surface area contributed by atoms with Crippen LogP contribution in [0.5, 0.6) is 0 Å². The number of anilines is 2. The molecule has 3 heterocycles. The van der Waals surface area contributed by atoms with Crippen LogP contribution in [0.4, 0.5) is 11.4 Å². The second-order valence-electron chi connectivity index (χ2n) is 8.39. The van der Waals surface area contributed by atoms with Gasteiger partial charge in [-0.25, -0.2) is 0 Å². The number of carbonyl (C=O) groups excluding carboxylic acids is 2. The van der Waals surface area contributed by atoms with Crippen LogP contribution in [-0.2, 0) is 9.59 Å². The zero-order chi connectivity index (χ0) is 21.5. The summed E-state index contributed by atoms with van der Waals surface area (Å²) in [5.41, 5.74) is 2.70. The molecule has 3 aromatic rings. The Kier molecular flexibility index (Phi) is 5.09. The van der Waals surface area contributed by atoms with E-state index in [4.69, 9.17) is 4.52 Å². The number of rotatable bonds is 5. The van der Waals surface area contributed by atoms with Gasteiger partial charge in [0.15, 0.2) is 0 Å². The summed E-state index contributed by atoms with van der Waals surface area (Å²) in [5.74, 6) is 1.11. The molecule has 1 atom stereocenters. The van der Waals surface area contributed by atoms with E-state index in [0.717, 1.165) is 39.5 Å². The zero-order valence-electron chi connectivity index (χ0n) is 17.6. The number of nitrogens with one attached hydrogen (secondary N) is 1. The summed E-state index contributed by atoms with van der Waals surface area (Å²) in [6, 6.07) is 9.68. The monoisotopic (exact) mass is 436 g/mol. The maximum Gasteiger partial charge on any atom is 0.230 e. The Morgan fingerprint density at radius 3 is 2.71 bits per heavy atom. The molecule has 8 heteroatoms. The minimum Gasteiger partial charge on any atom is -0.339 e. The summed E-state index contributed by atoms with van der Waals surface area (Å²) < 4.78 is 5.42. The molecule has 2 amide bonds. The van der Waals surface area contributed by atoms with E-state index in [9.17, 15) is 9.59 Å². The molecule has 2 aliphatic rings. The van der Waals surface area contributed by atoms with Gasteiger partial charge in [0.25, 0.3) is 0 Å². The third-order valence-electron chi connectivity index (χ3n) is 6.13. The highest BCUT2D eigenvalue weighted by atomic mass is 32.1. The predicted molar refractivity (Wildman–Crippen MR) is 119 cm³/mol. The Labute approximate surface area is 184 Å². The van der Waals surface area contributed by atoms with Gasteiger partial charge in [-0.1, -0.05) is 29.3 Å². The highest BCUT2D eigenvalue weighted by Crippen LogP contribution is 2.38. The first kappa shape index (κ1) is 19.9. The maximum atomic E-state index is 12.9. The number of aromatic nitrogens is 2. The topological polar surface area (TPSA) is 88.3 Å². The lowest BCUT2D eigenvalue weighted by molar-refractivity contribution is -0.122. The lowest BCUT2D eigenvalue weighted by Gasteiger charge is -2.20. The number of aryl methyl sites for hydroxylation is 2. The molecule has 160 valence electrons. The Hall–Kier alpha value is -3.00. The van der Waals surface area contributed by atoms with Crippen LogP contribution >= 0.6 is 11.3 Å². The second kappa shape index (κ2) is 7.92. The molecule has 31 heavy (non-hydrogen) atoms. The van der Waals surface area contributed by atoms with Crippen molar-refractivity contribution < 1.29 is 14.1 Å². The van der Waals surface area contributed by atoms with Gasteiger partial charge >= 0.3 is 0 Å². The predicted octanol–water partition coefficient (Wildman–Crippen LogP) is 4.67. The first-order valence-electron chi connectivity index (χ1n) is 10.6. The molecule has 2 aromatic heterocycles. The van der Waals surface area contributed by atoms with Crippen LogP contribution in [-0.4, -0.2) is 28.5 Å². The lowest BCUT2D eigenvalue weighted by Crippen LogP contribution is -2.28. The van der Waals surface area contributed by atoms with Gasteiger partial charge < -0.3 is 14.7 Å². The molecule has 1 aromatic carbocycles. The van der Waals surface area contributed by atoms with Gasteiger partial charge in [-0.2, -0.15) is 4.98 Å². The Balaban J connectivity index is 1.27. The highest BCUT2D eigenvalue weighted by Gasteiger charge is 2.35. The van der Waals surface area contributed by atoms with Crippen molar-refractivity contribution in [3.05, 3.63) is 46.7 Å². The zero-order valence-corrected chi connectivity index (χ0v) is 18.4. The molecule has 0 spiro atoms. The average molecular weight is 437 g/mol. The Bertz CT molecular complexity index is 1130. The van der Waals surface area contributed by atoms with Crippen molar-refractivity contribution in [1.29, 1.82) is 0 Å². The molecular formula is C23H24N4O3S. The highest BCUT2D eigenvalue weighted by molar-refractivity contribution is 7.16. The van der Waals surface area contributed by atoms with Gasteiger partial charge in [0.2, 0.25) is 23.5 Å². The third kappa shape index (κ3) is 3.87. The molecule has 1 N–H and O–H groups in total. The number of benzene rings is 1. The van der Waals surface area contributed by atoms with Gasteiger partial charge in [0.1, 0.15) is 0 Å². The summed E-state index contributed by atoms with van der Waals surface area (Å²) in [5, 5.41) is 7.12. The van der Waals surface area contributed by atoms with Crippen molar-refractivity contribution in [3.8, 4) is 10.7 Å². The van der Waals surface area contributed by atoms with Crippen molar-refractivity contribution in [2.75, 3.05) is 16.8 Å². The number of hydrogen-bond donors (Lipinski definition) is 1. The van der Waals surface area contributed by atoms with Crippen LogP contribution in [0.15, 0.2) is 34.9 Å². The average Bonchev–Trinajstić information content (AvgIpc) is 3.41. The van der Waals surface area contributed by atoms with Crippen LogP contribution < -0.4 is 10.2 Å². The molecule has 1 aliphatic carbocycles. The minimum absolute atomic E-state index is 0.0259. The molecular weight excluding hydrogens is 412 g/mol. The van der Waals surface area contributed by atoms with Crippen molar-refractivity contribution in [3.63, 3.8) is 0 Å². The van der Waals surface area contributed by atoms with E-state index in [2.05, 4.69) is 15.5 Å². The molecule has 5 rings (SSSR count). The minimum atomic E-state index is -0.382. The Morgan fingerprint density at radius 2 is 2.00 bits per heavy atom. The van der Waals surface area contributed by atoms with Crippen molar-refractivity contribution >= 4 is 34.5 Å². The van der Waals surface area contributed by atoms with Crippen LogP contribution in [0.3, 0.4) is 0 Å². The van der Waals surface area contributed by atoms with Crippen LogP contribution in [0.1, 0.15) is 47.9 Å². The number of carbonyl (C=O) groups is 2. The molecule has 1 aliphatic heterocycles. The van der Waals surface area contributed by atoms with E-state index in [0.29, 0.717) is 24.2 Å². The summed E-state index contributed by atoms with van der Waals surface area (Å²) in [6.07, 6.45) is 3.63. The largest absolute Gasteiger partial charge is 0.339 e. The number of thiophene rings is 1. The fraction of sp³-hybridized carbons (Fsp3) is 0.391. The first-order valence-corrected chi connectivity index (χ1v) is 11.4. The van der Waals surface area contributed by atoms with Gasteiger partial charge in [-0.3, -0.25) is 9.59 Å². The van der Waals surface area contributed by atoms with Crippen molar-refractivity contribution in [1.82, 2.24) is 10.1 Å². The molecule has 2 fully saturated rings. The summed E-state index contributed by atoms with van der Waals surface area (Å²) in [4.78, 5) is 33.5. The number of nitrogens with zero attached hydrogens (tertiary/aromatic N) is 3. The van der Waals surface area contributed by atoms with Crippen LogP contribution in [0.2, 0.25) is 0 Å². The Morgan fingerprint density at radius 1 is 1.23 bits per heavy atom.